The summed E-state index contributed by atoms with van der Waals surface area (Å²) in [4.78, 5) is 0.965. The van der Waals surface area contributed by atoms with Crippen molar-refractivity contribution in [3.05, 3.63) is 46.2 Å². The van der Waals surface area contributed by atoms with E-state index in [4.69, 9.17) is 9.47 Å². The number of benzene rings is 1. The summed E-state index contributed by atoms with van der Waals surface area (Å²) in [6.07, 6.45) is 0.913. The number of ether oxygens (including phenoxy) is 2. The van der Waals surface area contributed by atoms with E-state index in [1.165, 1.54) is 0 Å². The van der Waals surface area contributed by atoms with Gasteiger partial charge in [0.1, 0.15) is 5.60 Å². The van der Waals surface area contributed by atoms with Crippen LogP contribution in [-0.2, 0) is 5.60 Å². The fourth-order valence-electron chi connectivity index (χ4n) is 2.56. The maximum atomic E-state index is 10.7. The molecule has 0 aliphatic carbocycles. The zero-order chi connectivity index (χ0) is 16.9. The smallest absolute Gasteiger partial charge is 0.161 e. The molecule has 0 spiro atoms. The van der Waals surface area contributed by atoms with Gasteiger partial charge in [-0.15, -0.1) is 11.3 Å². The van der Waals surface area contributed by atoms with E-state index in [1.54, 1.807) is 25.6 Å². The number of nitrogens with one attached hydrogen (secondary N) is 1. The van der Waals surface area contributed by atoms with E-state index in [9.17, 15) is 5.11 Å². The Bertz CT molecular complexity index is 611. The average molecular weight is 335 g/mol. The molecule has 0 saturated carbocycles. The topological polar surface area (TPSA) is 50.7 Å². The first kappa shape index (κ1) is 17.8. The predicted octanol–water partition coefficient (Wildman–Crippen LogP) is 3.71. The highest BCUT2D eigenvalue weighted by Gasteiger charge is 2.25. The summed E-state index contributed by atoms with van der Waals surface area (Å²) in [6, 6.07) is 9.99. The third kappa shape index (κ3) is 4.25. The van der Waals surface area contributed by atoms with Crippen LogP contribution in [0.5, 0.6) is 11.5 Å². The van der Waals surface area contributed by atoms with Crippen LogP contribution in [-0.4, -0.2) is 25.9 Å². The molecular weight excluding hydrogens is 310 g/mol. The normalized spacial score (nSPS) is 15.0. The van der Waals surface area contributed by atoms with Crippen molar-refractivity contribution < 1.29 is 14.6 Å². The van der Waals surface area contributed by atoms with Gasteiger partial charge in [0.25, 0.3) is 0 Å². The quantitative estimate of drug-likeness (QED) is 0.772. The van der Waals surface area contributed by atoms with E-state index in [-0.39, 0.29) is 6.04 Å². The summed E-state index contributed by atoms with van der Waals surface area (Å²) in [5.74, 6) is 1.44. The van der Waals surface area contributed by atoms with Crippen molar-refractivity contribution in [1.29, 1.82) is 0 Å². The minimum Gasteiger partial charge on any atom is -0.493 e. The molecule has 126 valence electrons. The Kier molecular flexibility index (Phi) is 6.04. The van der Waals surface area contributed by atoms with Gasteiger partial charge in [0, 0.05) is 17.5 Å². The molecule has 2 N–H and O–H groups in total. The minimum atomic E-state index is -0.877. The number of rotatable bonds is 8. The number of thiophene rings is 1. The van der Waals surface area contributed by atoms with Crippen molar-refractivity contribution in [3.63, 3.8) is 0 Å². The Hall–Kier alpha value is -1.56. The second-order valence-corrected chi connectivity index (χ2v) is 6.66. The first-order chi connectivity index (χ1) is 11.0. The standard InChI is InChI=1S/C18H25NO3S/c1-5-14(13-8-9-15(21-3)16(11-13)22-4)19-12-18(2,20)17-7-6-10-23-17/h6-11,14,19-20H,5,12H2,1-4H3. The van der Waals surface area contributed by atoms with Gasteiger partial charge in [-0.3, -0.25) is 0 Å². The second-order valence-electron chi connectivity index (χ2n) is 5.71. The summed E-state index contributed by atoms with van der Waals surface area (Å²) >= 11 is 1.57. The number of hydrogen-bond donors (Lipinski definition) is 2. The molecule has 1 heterocycles. The fraction of sp³-hybridized carbons (Fsp3) is 0.444. The molecule has 1 aromatic carbocycles. The summed E-state index contributed by atoms with van der Waals surface area (Å²) in [5.41, 5.74) is 0.241. The molecule has 0 radical (unpaired) electrons. The molecule has 0 aliphatic heterocycles. The molecule has 2 unspecified atom stereocenters. The van der Waals surface area contributed by atoms with Gasteiger partial charge in [0.05, 0.1) is 14.2 Å². The van der Waals surface area contributed by atoms with Crippen LogP contribution >= 0.6 is 11.3 Å². The highest BCUT2D eigenvalue weighted by molar-refractivity contribution is 7.10. The molecule has 0 amide bonds. The van der Waals surface area contributed by atoms with Crippen molar-refractivity contribution in [3.8, 4) is 11.5 Å². The summed E-state index contributed by atoms with van der Waals surface area (Å²) in [6.45, 7) is 4.45. The van der Waals surface area contributed by atoms with Gasteiger partial charge in [0.2, 0.25) is 0 Å². The average Bonchev–Trinajstić information content (AvgIpc) is 3.10. The Morgan fingerprint density at radius 1 is 1.22 bits per heavy atom. The maximum absolute atomic E-state index is 10.7. The number of methoxy groups -OCH3 is 2. The first-order valence-electron chi connectivity index (χ1n) is 7.73. The van der Waals surface area contributed by atoms with E-state index in [0.29, 0.717) is 6.54 Å². The molecule has 1 aromatic heterocycles. The Labute approximate surface area is 142 Å². The van der Waals surface area contributed by atoms with Crippen molar-refractivity contribution in [2.75, 3.05) is 20.8 Å². The SMILES string of the molecule is CCC(NCC(C)(O)c1cccs1)c1ccc(OC)c(OC)c1. The van der Waals surface area contributed by atoms with E-state index in [0.717, 1.165) is 28.4 Å². The minimum absolute atomic E-state index is 0.140. The Morgan fingerprint density at radius 3 is 2.52 bits per heavy atom. The molecule has 0 fully saturated rings. The lowest BCUT2D eigenvalue weighted by Crippen LogP contribution is -2.36. The van der Waals surface area contributed by atoms with Crippen LogP contribution in [0.15, 0.2) is 35.7 Å². The molecule has 2 aromatic rings. The summed E-state index contributed by atoms with van der Waals surface area (Å²) in [5, 5.41) is 16.1. The largest absolute Gasteiger partial charge is 0.493 e. The van der Waals surface area contributed by atoms with Crippen LogP contribution in [0.2, 0.25) is 0 Å². The van der Waals surface area contributed by atoms with Crippen LogP contribution in [0.4, 0.5) is 0 Å². The summed E-state index contributed by atoms with van der Waals surface area (Å²) in [7, 11) is 3.27. The molecule has 23 heavy (non-hydrogen) atoms. The third-order valence-corrected chi connectivity index (χ3v) is 5.09. The van der Waals surface area contributed by atoms with E-state index in [2.05, 4.69) is 12.2 Å². The molecule has 2 rings (SSSR count). The van der Waals surface area contributed by atoms with Gasteiger partial charge in [-0.25, -0.2) is 0 Å². The van der Waals surface area contributed by atoms with Crippen LogP contribution in [0.1, 0.15) is 36.8 Å². The van der Waals surface area contributed by atoms with Crippen LogP contribution in [0.3, 0.4) is 0 Å². The van der Waals surface area contributed by atoms with Gasteiger partial charge in [-0.2, -0.15) is 0 Å². The van der Waals surface area contributed by atoms with E-state index < -0.39 is 5.60 Å². The molecule has 0 bridgehead atoms. The third-order valence-electron chi connectivity index (χ3n) is 3.96. The lowest BCUT2D eigenvalue weighted by Gasteiger charge is -2.26. The van der Waals surface area contributed by atoms with Gasteiger partial charge < -0.3 is 19.9 Å². The molecule has 2 atom stereocenters. The molecule has 5 heteroatoms. The van der Waals surface area contributed by atoms with Crippen LogP contribution in [0.25, 0.3) is 0 Å². The monoisotopic (exact) mass is 335 g/mol. The Morgan fingerprint density at radius 2 is 1.96 bits per heavy atom. The zero-order valence-electron chi connectivity index (χ0n) is 14.1. The maximum Gasteiger partial charge on any atom is 0.161 e. The predicted molar refractivity (Wildman–Crippen MR) is 94.5 cm³/mol. The Balaban J connectivity index is 2.11. The molecule has 0 saturated heterocycles. The van der Waals surface area contributed by atoms with Crippen LogP contribution in [0, 0.1) is 0 Å². The van der Waals surface area contributed by atoms with Gasteiger partial charge >= 0.3 is 0 Å². The van der Waals surface area contributed by atoms with Crippen molar-refractivity contribution in [2.24, 2.45) is 0 Å². The van der Waals surface area contributed by atoms with Crippen LogP contribution < -0.4 is 14.8 Å². The lowest BCUT2D eigenvalue weighted by molar-refractivity contribution is 0.0573. The van der Waals surface area contributed by atoms with Crippen molar-refractivity contribution in [1.82, 2.24) is 5.32 Å². The van der Waals surface area contributed by atoms with Crippen molar-refractivity contribution >= 4 is 11.3 Å². The fourth-order valence-corrected chi connectivity index (χ4v) is 3.35. The molecule has 4 nitrogen and oxygen atoms in total. The molecule has 0 aliphatic rings. The van der Waals surface area contributed by atoms with E-state index in [1.807, 2.05) is 42.6 Å². The van der Waals surface area contributed by atoms with Crippen molar-refractivity contribution in [2.45, 2.75) is 31.9 Å². The highest BCUT2D eigenvalue weighted by Crippen LogP contribution is 2.31. The molecular formula is C18H25NO3S. The summed E-state index contributed by atoms with van der Waals surface area (Å²) < 4.78 is 10.7. The van der Waals surface area contributed by atoms with Gasteiger partial charge in [0.15, 0.2) is 11.5 Å². The first-order valence-corrected chi connectivity index (χ1v) is 8.61. The van der Waals surface area contributed by atoms with Gasteiger partial charge in [-0.05, 0) is 42.5 Å². The second kappa shape index (κ2) is 7.81. The number of hydrogen-bond acceptors (Lipinski definition) is 5. The van der Waals surface area contributed by atoms with E-state index >= 15 is 0 Å². The highest BCUT2D eigenvalue weighted by atomic mass is 32.1. The lowest BCUT2D eigenvalue weighted by atomic mass is 10.0. The zero-order valence-corrected chi connectivity index (χ0v) is 14.9. The van der Waals surface area contributed by atoms with Gasteiger partial charge in [-0.1, -0.05) is 19.1 Å². The number of aliphatic hydroxyl groups is 1.